The van der Waals surface area contributed by atoms with Crippen LogP contribution in [-0.4, -0.2) is 16.8 Å². The summed E-state index contributed by atoms with van der Waals surface area (Å²) < 4.78 is 0.646. The monoisotopic (exact) mass is 445 g/mol. The van der Waals surface area contributed by atoms with Gasteiger partial charge < -0.3 is 15.2 Å². The number of nitrogens with zero attached hydrogens (tertiary/aromatic N) is 1. The lowest BCUT2D eigenvalue weighted by Gasteiger charge is -2.13. The summed E-state index contributed by atoms with van der Waals surface area (Å²) in [7, 11) is 0. The second kappa shape index (κ2) is 6.92. The predicted molar refractivity (Wildman–Crippen MR) is 89.5 cm³/mol. The minimum Gasteiger partial charge on any atom is -0.545 e. The smallest absolute Gasteiger partial charge is 0.270 e. The topological polar surface area (TPSA) is 112 Å². The molecule has 118 valence electrons. The number of hydrogen-bond donors (Lipinski definition) is 1. The Hall–Kier alpha value is -2.20. The van der Waals surface area contributed by atoms with Crippen LogP contribution >= 0.6 is 34.2 Å². The molecule has 1 amide bonds. The zero-order valence-electron chi connectivity index (χ0n) is 11.2. The van der Waals surface area contributed by atoms with Crippen LogP contribution in [0.25, 0.3) is 0 Å². The molecule has 0 heterocycles. The van der Waals surface area contributed by atoms with E-state index in [1.807, 2.05) is 22.6 Å². The lowest BCUT2D eigenvalue weighted by molar-refractivity contribution is -0.384. The zero-order valence-corrected chi connectivity index (χ0v) is 14.1. The quantitative estimate of drug-likeness (QED) is 0.441. The van der Waals surface area contributed by atoms with Gasteiger partial charge in [-0.15, -0.1) is 0 Å². The molecule has 0 radical (unpaired) electrons. The van der Waals surface area contributed by atoms with Crippen LogP contribution in [0.4, 0.5) is 11.4 Å². The SMILES string of the molecule is O=C(Nc1ccc(I)cc1C(=O)[O-])c1cc([N+](=O)[O-])ccc1Cl. The van der Waals surface area contributed by atoms with Crippen LogP contribution in [0.2, 0.25) is 5.02 Å². The summed E-state index contributed by atoms with van der Waals surface area (Å²) >= 11 is 7.79. The minimum absolute atomic E-state index is 0.00797. The van der Waals surface area contributed by atoms with E-state index in [2.05, 4.69) is 5.32 Å². The van der Waals surface area contributed by atoms with Crippen LogP contribution < -0.4 is 10.4 Å². The Morgan fingerprint density at radius 2 is 1.83 bits per heavy atom. The molecule has 1 N–H and O–H groups in total. The van der Waals surface area contributed by atoms with Crippen LogP contribution in [0, 0.1) is 13.7 Å². The Morgan fingerprint density at radius 1 is 1.13 bits per heavy atom. The van der Waals surface area contributed by atoms with Gasteiger partial charge in [0.25, 0.3) is 11.6 Å². The van der Waals surface area contributed by atoms with Crippen LogP contribution in [-0.2, 0) is 0 Å². The molecule has 0 spiro atoms. The lowest BCUT2D eigenvalue weighted by atomic mass is 10.1. The number of anilines is 1. The number of nitrogens with one attached hydrogen (secondary N) is 1. The highest BCUT2D eigenvalue weighted by molar-refractivity contribution is 14.1. The van der Waals surface area contributed by atoms with Gasteiger partial charge in [0.1, 0.15) is 0 Å². The fourth-order valence-electron chi connectivity index (χ4n) is 1.78. The molecule has 0 saturated carbocycles. The van der Waals surface area contributed by atoms with E-state index in [9.17, 15) is 24.8 Å². The highest BCUT2D eigenvalue weighted by Gasteiger charge is 2.17. The first kappa shape index (κ1) is 17.2. The van der Waals surface area contributed by atoms with Crippen molar-refractivity contribution < 1.29 is 19.6 Å². The molecule has 9 heteroatoms. The van der Waals surface area contributed by atoms with E-state index < -0.39 is 16.8 Å². The molecule has 0 atom stereocenters. The number of non-ortho nitro benzene ring substituents is 1. The molecule has 0 unspecified atom stereocenters. The summed E-state index contributed by atoms with van der Waals surface area (Å²) in [6.45, 7) is 0. The standard InChI is InChI=1S/C14H8ClIN2O5/c15-11-3-2-8(18(22)23)6-9(11)13(19)17-12-4-1-7(16)5-10(12)14(20)21/h1-6H,(H,17,19)(H,20,21)/p-1. The molecule has 2 aromatic rings. The van der Waals surface area contributed by atoms with E-state index in [1.165, 1.54) is 18.2 Å². The molecule has 0 aliphatic heterocycles. The number of hydrogen-bond acceptors (Lipinski definition) is 5. The van der Waals surface area contributed by atoms with Gasteiger partial charge in [-0.25, -0.2) is 0 Å². The van der Waals surface area contributed by atoms with E-state index >= 15 is 0 Å². The lowest BCUT2D eigenvalue weighted by Crippen LogP contribution is -2.25. The first-order valence-electron chi connectivity index (χ1n) is 6.06. The molecule has 2 aromatic carbocycles. The third-order valence-electron chi connectivity index (χ3n) is 2.86. The Morgan fingerprint density at radius 3 is 2.43 bits per heavy atom. The number of halogens is 2. The maximum atomic E-state index is 12.2. The van der Waals surface area contributed by atoms with Gasteiger partial charge in [0, 0.05) is 21.3 Å². The summed E-state index contributed by atoms with van der Waals surface area (Å²) in [6.07, 6.45) is 0. The fourth-order valence-corrected chi connectivity index (χ4v) is 2.48. The molecule has 0 aliphatic carbocycles. The number of rotatable bonds is 4. The van der Waals surface area contributed by atoms with E-state index in [0.717, 1.165) is 12.1 Å². The highest BCUT2D eigenvalue weighted by Crippen LogP contribution is 2.24. The summed E-state index contributed by atoms with van der Waals surface area (Å²) in [5, 5.41) is 24.3. The third kappa shape index (κ3) is 3.96. The van der Waals surface area contributed by atoms with Crippen molar-refractivity contribution in [2.75, 3.05) is 5.32 Å². The summed E-state index contributed by atoms with van der Waals surface area (Å²) in [5.74, 6) is -2.22. The highest BCUT2D eigenvalue weighted by atomic mass is 127. The van der Waals surface area contributed by atoms with Crippen molar-refractivity contribution in [1.82, 2.24) is 0 Å². The van der Waals surface area contributed by atoms with Gasteiger partial charge in [-0.05, 0) is 46.9 Å². The number of aromatic carboxylic acids is 1. The van der Waals surface area contributed by atoms with Gasteiger partial charge in [-0.1, -0.05) is 11.6 Å². The van der Waals surface area contributed by atoms with E-state index in [4.69, 9.17) is 11.6 Å². The molecule has 23 heavy (non-hydrogen) atoms. The van der Waals surface area contributed by atoms with E-state index in [1.54, 1.807) is 6.07 Å². The molecular weight excluding hydrogens is 439 g/mol. The number of benzene rings is 2. The number of nitro benzene ring substituents is 1. The van der Waals surface area contributed by atoms with E-state index in [0.29, 0.717) is 3.57 Å². The van der Waals surface area contributed by atoms with Crippen LogP contribution in [0.3, 0.4) is 0 Å². The summed E-state index contributed by atoms with van der Waals surface area (Å²) in [5.41, 5.74) is -0.629. The van der Waals surface area contributed by atoms with Crippen molar-refractivity contribution in [2.24, 2.45) is 0 Å². The molecule has 0 aliphatic rings. The molecule has 7 nitrogen and oxygen atoms in total. The molecule has 0 saturated heterocycles. The largest absolute Gasteiger partial charge is 0.545 e. The zero-order chi connectivity index (χ0) is 17.1. The molecule has 0 aromatic heterocycles. The Bertz CT molecular complexity index is 825. The van der Waals surface area contributed by atoms with Gasteiger partial charge in [-0.2, -0.15) is 0 Å². The third-order valence-corrected chi connectivity index (χ3v) is 3.86. The van der Waals surface area contributed by atoms with Gasteiger partial charge in [0.05, 0.1) is 27.2 Å². The van der Waals surface area contributed by atoms with Crippen molar-refractivity contribution in [1.29, 1.82) is 0 Å². The van der Waals surface area contributed by atoms with Crippen molar-refractivity contribution in [2.45, 2.75) is 0 Å². The van der Waals surface area contributed by atoms with Gasteiger partial charge >= 0.3 is 0 Å². The maximum Gasteiger partial charge on any atom is 0.270 e. The van der Waals surface area contributed by atoms with Crippen LogP contribution in [0.5, 0.6) is 0 Å². The number of nitro groups is 1. The van der Waals surface area contributed by atoms with Crippen LogP contribution in [0.15, 0.2) is 36.4 Å². The Balaban J connectivity index is 2.39. The second-order valence-corrected chi connectivity index (χ2v) is 6.01. The van der Waals surface area contributed by atoms with Crippen molar-refractivity contribution in [3.8, 4) is 0 Å². The number of carboxylic acid groups (broad SMARTS) is 1. The number of amides is 1. The predicted octanol–water partition coefficient (Wildman–Crippen LogP) is 2.47. The van der Waals surface area contributed by atoms with Gasteiger partial charge in [0.2, 0.25) is 0 Å². The average molecular weight is 446 g/mol. The molecule has 0 bridgehead atoms. The first-order valence-corrected chi connectivity index (χ1v) is 7.51. The number of carboxylic acids is 1. The minimum atomic E-state index is -1.45. The maximum absolute atomic E-state index is 12.2. The van der Waals surface area contributed by atoms with Crippen molar-refractivity contribution in [3.05, 3.63) is 66.2 Å². The molecule has 2 rings (SSSR count). The molecule has 0 fully saturated rings. The van der Waals surface area contributed by atoms with E-state index in [-0.39, 0.29) is 27.5 Å². The van der Waals surface area contributed by atoms with Crippen molar-refractivity contribution >= 4 is 57.4 Å². The second-order valence-electron chi connectivity index (χ2n) is 4.35. The van der Waals surface area contributed by atoms with Gasteiger partial charge in [-0.3, -0.25) is 14.9 Å². The Kier molecular flexibility index (Phi) is 5.16. The normalized spacial score (nSPS) is 10.2. The average Bonchev–Trinajstić information content (AvgIpc) is 2.48. The first-order chi connectivity index (χ1) is 10.8. The summed E-state index contributed by atoms with van der Waals surface area (Å²) in [4.78, 5) is 33.5. The van der Waals surface area contributed by atoms with Gasteiger partial charge in [0.15, 0.2) is 0 Å². The summed E-state index contributed by atoms with van der Waals surface area (Å²) in [6, 6.07) is 7.73. The van der Waals surface area contributed by atoms with Crippen molar-refractivity contribution in [3.63, 3.8) is 0 Å². The van der Waals surface area contributed by atoms with Crippen LogP contribution in [0.1, 0.15) is 20.7 Å². The number of carbonyl (C=O) groups excluding carboxylic acids is 2. The Labute approximate surface area is 148 Å². The number of carbonyl (C=O) groups is 2. The molecular formula is C14H7ClIN2O5-. The fraction of sp³-hybridized carbons (Fsp3) is 0.